The Labute approximate surface area is 124 Å². The van der Waals surface area contributed by atoms with Crippen LogP contribution in [0, 0.1) is 13.8 Å². The minimum Gasteiger partial charge on any atom is -0.380 e. The van der Waals surface area contributed by atoms with Crippen molar-refractivity contribution in [1.82, 2.24) is 15.5 Å². The first-order chi connectivity index (χ1) is 10.2. The number of hydrogen-bond donors (Lipinski definition) is 1. The van der Waals surface area contributed by atoms with E-state index in [1.165, 1.54) is 16.7 Å². The fourth-order valence-electron chi connectivity index (χ4n) is 2.65. The summed E-state index contributed by atoms with van der Waals surface area (Å²) in [5.74, 6) is 1.39. The van der Waals surface area contributed by atoms with Crippen LogP contribution in [-0.4, -0.2) is 29.9 Å². The van der Waals surface area contributed by atoms with Crippen LogP contribution in [0.2, 0.25) is 0 Å². The van der Waals surface area contributed by atoms with Crippen LogP contribution in [-0.2, 0) is 11.2 Å². The van der Waals surface area contributed by atoms with Crippen molar-refractivity contribution in [3.8, 4) is 0 Å². The lowest BCUT2D eigenvalue weighted by Crippen LogP contribution is -2.16. The standard InChI is InChI=1S/C16H21N3O2/c1-10-4-5-12(6-11(10)2)7-15-18-16(21-19-15)14-8-13(20-3)9-17-14/h4-6,13-14,17H,7-9H2,1-3H3/t13-,14+/m0/s1. The SMILES string of the molecule is CO[C@@H]1CN[C@@H](c2nc(Cc3ccc(C)c(C)c3)no2)C1. The number of methoxy groups -OCH3 is 1. The first-order valence-corrected chi connectivity index (χ1v) is 7.30. The van der Waals surface area contributed by atoms with Gasteiger partial charge in [0.25, 0.3) is 0 Å². The fraction of sp³-hybridized carbons (Fsp3) is 0.500. The first kappa shape index (κ1) is 14.2. The van der Waals surface area contributed by atoms with Crippen molar-refractivity contribution in [2.24, 2.45) is 0 Å². The van der Waals surface area contributed by atoms with Crippen LogP contribution in [0.15, 0.2) is 22.7 Å². The summed E-state index contributed by atoms with van der Waals surface area (Å²) in [5.41, 5.74) is 3.80. The maximum atomic E-state index is 5.39. The Morgan fingerprint density at radius 3 is 2.90 bits per heavy atom. The molecular weight excluding hydrogens is 266 g/mol. The maximum Gasteiger partial charge on any atom is 0.243 e. The molecule has 3 rings (SSSR count). The molecule has 0 amide bonds. The molecular formula is C16H21N3O2. The highest BCUT2D eigenvalue weighted by molar-refractivity contribution is 5.31. The third kappa shape index (κ3) is 3.14. The van der Waals surface area contributed by atoms with E-state index in [4.69, 9.17) is 9.26 Å². The van der Waals surface area contributed by atoms with Gasteiger partial charge in [0.15, 0.2) is 5.82 Å². The number of aryl methyl sites for hydroxylation is 2. The van der Waals surface area contributed by atoms with Gasteiger partial charge in [0, 0.05) is 20.1 Å². The second-order valence-electron chi connectivity index (χ2n) is 5.70. The molecule has 1 aromatic carbocycles. The van der Waals surface area contributed by atoms with Crippen molar-refractivity contribution in [1.29, 1.82) is 0 Å². The van der Waals surface area contributed by atoms with Crippen LogP contribution in [0.4, 0.5) is 0 Å². The molecule has 0 radical (unpaired) electrons. The van der Waals surface area contributed by atoms with Crippen molar-refractivity contribution in [2.75, 3.05) is 13.7 Å². The van der Waals surface area contributed by atoms with E-state index in [2.05, 4.69) is 47.5 Å². The molecule has 1 aromatic heterocycles. The molecule has 112 valence electrons. The summed E-state index contributed by atoms with van der Waals surface area (Å²) in [6.07, 6.45) is 1.80. The molecule has 0 spiro atoms. The maximum absolute atomic E-state index is 5.39. The zero-order chi connectivity index (χ0) is 14.8. The van der Waals surface area contributed by atoms with E-state index in [1.807, 2.05) is 0 Å². The number of aromatic nitrogens is 2. The van der Waals surface area contributed by atoms with Crippen LogP contribution in [0.3, 0.4) is 0 Å². The van der Waals surface area contributed by atoms with Crippen molar-refractivity contribution >= 4 is 0 Å². The van der Waals surface area contributed by atoms with Gasteiger partial charge in [0.05, 0.1) is 12.1 Å². The normalized spacial score (nSPS) is 21.9. The minimum atomic E-state index is 0.107. The summed E-state index contributed by atoms with van der Waals surface area (Å²) in [7, 11) is 1.73. The van der Waals surface area contributed by atoms with E-state index in [9.17, 15) is 0 Å². The Hall–Kier alpha value is -1.72. The summed E-state index contributed by atoms with van der Waals surface area (Å²) in [6, 6.07) is 6.54. The molecule has 1 N–H and O–H groups in total. The third-order valence-electron chi connectivity index (χ3n) is 4.14. The van der Waals surface area contributed by atoms with Crippen molar-refractivity contribution in [3.05, 3.63) is 46.6 Å². The van der Waals surface area contributed by atoms with Gasteiger partial charge >= 0.3 is 0 Å². The van der Waals surface area contributed by atoms with E-state index >= 15 is 0 Å². The topological polar surface area (TPSA) is 60.2 Å². The Morgan fingerprint density at radius 1 is 1.33 bits per heavy atom. The van der Waals surface area contributed by atoms with Gasteiger partial charge in [-0.1, -0.05) is 23.4 Å². The molecule has 2 aromatic rings. The Kier molecular flexibility index (Phi) is 4.03. The van der Waals surface area contributed by atoms with Gasteiger partial charge in [-0.2, -0.15) is 4.98 Å². The highest BCUT2D eigenvalue weighted by Gasteiger charge is 2.29. The fourth-order valence-corrected chi connectivity index (χ4v) is 2.65. The molecule has 0 saturated carbocycles. The van der Waals surface area contributed by atoms with Gasteiger partial charge in [-0.05, 0) is 37.0 Å². The second-order valence-corrected chi connectivity index (χ2v) is 5.70. The van der Waals surface area contributed by atoms with Gasteiger partial charge in [0.1, 0.15) is 0 Å². The van der Waals surface area contributed by atoms with E-state index < -0.39 is 0 Å². The van der Waals surface area contributed by atoms with Gasteiger partial charge in [-0.3, -0.25) is 0 Å². The van der Waals surface area contributed by atoms with E-state index in [-0.39, 0.29) is 12.1 Å². The van der Waals surface area contributed by atoms with Crippen LogP contribution in [0.25, 0.3) is 0 Å². The quantitative estimate of drug-likeness (QED) is 0.935. The lowest BCUT2D eigenvalue weighted by molar-refractivity contribution is 0.116. The molecule has 0 unspecified atom stereocenters. The van der Waals surface area contributed by atoms with Crippen molar-refractivity contribution in [3.63, 3.8) is 0 Å². The molecule has 2 heterocycles. The van der Waals surface area contributed by atoms with Gasteiger partial charge in [-0.25, -0.2) is 0 Å². The summed E-state index contributed by atoms with van der Waals surface area (Å²) in [5, 5.41) is 7.44. The minimum absolute atomic E-state index is 0.107. The predicted octanol–water partition coefficient (Wildman–Crippen LogP) is 2.33. The molecule has 21 heavy (non-hydrogen) atoms. The van der Waals surface area contributed by atoms with Crippen molar-refractivity contribution < 1.29 is 9.26 Å². The third-order valence-corrected chi connectivity index (χ3v) is 4.14. The number of ether oxygens (including phenoxy) is 1. The highest BCUT2D eigenvalue weighted by atomic mass is 16.5. The Bertz CT molecular complexity index is 624. The number of nitrogens with zero attached hydrogens (tertiary/aromatic N) is 2. The van der Waals surface area contributed by atoms with Gasteiger partial charge in [0.2, 0.25) is 5.89 Å². The number of rotatable bonds is 4. The Balaban J connectivity index is 1.69. The zero-order valence-electron chi connectivity index (χ0n) is 12.7. The second kappa shape index (κ2) is 5.95. The van der Waals surface area contributed by atoms with E-state index in [0.29, 0.717) is 12.3 Å². The van der Waals surface area contributed by atoms with Crippen LogP contribution in [0.5, 0.6) is 0 Å². The lowest BCUT2D eigenvalue weighted by atomic mass is 10.0. The summed E-state index contributed by atoms with van der Waals surface area (Å²) < 4.78 is 10.7. The largest absolute Gasteiger partial charge is 0.380 e. The summed E-state index contributed by atoms with van der Waals surface area (Å²) >= 11 is 0. The Morgan fingerprint density at radius 2 is 2.19 bits per heavy atom. The predicted molar refractivity (Wildman–Crippen MR) is 79.2 cm³/mol. The summed E-state index contributed by atoms with van der Waals surface area (Å²) in [4.78, 5) is 4.51. The number of benzene rings is 1. The van der Waals surface area contributed by atoms with Crippen LogP contribution < -0.4 is 5.32 Å². The molecule has 1 aliphatic heterocycles. The monoisotopic (exact) mass is 287 g/mol. The zero-order valence-corrected chi connectivity index (χ0v) is 12.7. The smallest absolute Gasteiger partial charge is 0.243 e. The lowest BCUT2D eigenvalue weighted by Gasteiger charge is -2.04. The van der Waals surface area contributed by atoms with Crippen molar-refractivity contribution in [2.45, 2.75) is 38.8 Å². The molecule has 0 aliphatic carbocycles. The van der Waals surface area contributed by atoms with Gasteiger partial charge < -0.3 is 14.6 Å². The van der Waals surface area contributed by atoms with Crippen LogP contribution >= 0.6 is 0 Å². The molecule has 1 aliphatic rings. The van der Waals surface area contributed by atoms with Gasteiger partial charge in [-0.15, -0.1) is 0 Å². The van der Waals surface area contributed by atoms with Crippen LogP contribution in [0.1, 0.15) is 40.9 Å². The van der Waals surface area contributed by atoms with E-state index in [1.54, 1.807) is 7.11 Å². The first-order valence-electron chi connectivity index (χ1n) is 7.30. The number of nitrogens with one attached hydrogen (secondary N) is 1. The average molecular weight is 287 g/mol. The molecule has 1 fully saturated rings. The van der Waals surface area contributed by atoms with E-state index in [0.717, 1.165) is 18.8 Å². The average Bonchev–Trinajstić information content (AvgIpc) is 3.11. The molecule has 5 heteroatoms. The molecule has 0 bridgehead atoms. The highest BCUT2D eigenvalue weighted by Crippen LogP contribution is 2.23. The molecule has 1 saturated heterocycles. The number of hydrogen-bond acceptors (Lipinski definition) is 5. The molecule has 2 atom stereocenters. The summed E-state index contributed by atoms with van der Waals surface area (Å²) in [6.45, 7) is 5.06. The molecule has 5 nitrogen and oxygen atoms in total.